The van der Waals surface area contributed by atoms with Gasteiger partial charge < -0.3 is 5.32 Å². The topological polar surface area (TPSA) is 46.2 Å². The minimum Gasteiger partial charge on any atom is -0.326 e. The normalized spacial score (nSPS) is 10.2. The molecule has 4 heteroatoms. The minimum atomic E-state index is -0.0672. The van der Waals surface area contributed by atoms with Gasteiger partial charge in [0.1, 0.15) is 0 Å². The first-order chi connectivity index (χ1) is 10.1. The molecule has 0 aliphatic rings. The zero-order valence-electron chi connectivity index (χ0n) is 12.1. The fourth-order valence-corrected chi connectivity index (χ4v) is 2.33. The zero-order valence-corrected chi connectivity index (χ0v) is 12.9. The van der Waals surface area contributed by atoms with Gasteiger partial charge in [0.05, 0.1) is 6.42 Å². The lowest BCUT2D eigenvalue weighted by Gasteiger charge is -2.06. The van der Waals surface area contributed by atoms with Crippen LogP contribution in [-0.2, 0) is 11.2 Å². The van der Waals surface area contributed by atoms with Crippen LogP contribution in [0.15, 0.2) is 53.4 Å². The molecule has 0 saturated heterocycles. The van der Waals surface area contributed by atoms with Crippen LogP contribution in [0, 0.1) is 0 Å². The summed E-state index contributed by atoms with van der Waals surface area (Å²) in [5.41, 5.74) is 2.32. The Morgan fingerprint density at radius 2 is 1.62 bits per heavy atom. The lowest BCUT2D eigenvalue weighted by molar-refractivity contribution is -0.115. The fourth-order valence-electron chi connectivity index (χ4n) is 1.92. The third-order valence-electron chi connectivity index (χ3n) is 3.10. The van der Waals surface area contributed by atoms with Crippen molar-refractivity contribution in [1.29, 1.82) is 0 Å². The summed E-state index contributed by atoms with van der Waals surface area (Å²) in [4.78, 5) is 24.3. The first-order valence-electron chi connectivity index (χ1n) is 6.62. The molecule has 0 aliphatic carbocycles. The van der Waals surface area contributed by atoms with E-state index in [0.717, 1.165) is 5.56 Å². The van der Waals surface area contributed by atoms with Crippen LogP contribution < -0.4 is 5.32 Å². The zero-order chi connectivity index (χ0) is 15.2. The van der Waals surface area contributed by atoms with Crippen molar-refractivity contribution in [2.45, 2.75) is 18.2 Å². The summed E-state index contributed by atoms with van der Waals surface area (Å²) in [5, 5.41) is 2.83. The molecule has 0 saturated carbocycles. The molecule has 0 radical (unpaired) electrons. The second kappa shape index (κ2) is 7.09. The number of amides is 1. The standard InChI is InChI=1S/C17H17NO2S/c1-12(19)14-5-7-15(8-6-14)18-17(20)11-13-3-9-16(21-2)10-4-13/h3-10H,11H2,1-2H3,(H,18,20). The number of benzene rings is 2. The summed E-state index contributed by atoms with van der Waals surface area (Å²) >= 11 is 1.67. The Kier molecular flexibility index (Phi) is 5.17. The Morgan fingerprint density at radius 1 is 1.00 bits per heavy atom. The number of carbonyl (C=O) groups excluding carboxylic acids is 2. The Balaban J connectivity index is 1.95. The SMILES string of the molecule is CSc1ccc(CC(=O)Nc2ccc(C(C)=O)cc2)cc1. The minimum absolute atomic E-state index is 0.0155. The Hall–Kier alpha value is -2.07. The molecular weight excluding hydrogens is 282 g/mol. The van der Waals surface area contributed by atoms with E-state index in [1.54, 1.807) is 36.0 Å². The van der Waals surface area contributed by atoms with Gasteiger partial charge in [0.15, 0.2) is 5.78 Å². The van der Waals surface area contributed by atoms with Gasteiger partial charge in [-0.3, -0.25) is 9.59 Å². The number of anilines is 1. The van der Waals surface area contributed by atoms with Crippen molar-refractivity contribution < 1.29 is 9.59 Å². The van der Waals surface area contributed by atoms with Crippen LogP contribution >= 0.6 is 11.8 Å². The molecule has 0 unspecified atom stereocenters. The van der Waals surface area contributed by atoms with Crippen LogP contribution in [-0.4, -0.2) is 17.9 Å². The maximum absolute atomic E-state index is 12.0. The van der Waals surface area contributed by atoms with Crippen LogP contribution in [0.3, 0.4) is 0 Å². The average molecular weight is 299 g/mol. The van der Waals surface area contributed by atoms with Crippen molar-refractivity contribution in [1.82, 2.24) is 0 Å². The largest absolute Gasteiger partial charge is 0.326 e. The highest BCUT2D eigenvalue weighted by Crippen LogP contribution is 2.16. The van der Waals surface area contributed by atoms with Gasteiger partial charge in [0.2, 0.25) is 5.91 Å². The predicted octanol–water partition coefficient (Wildman–Crippen LogP) is 3.79. The molecule has 0 atom stereocenters. The summed E-state index contributed by atoms with van der Waals surface area (Å²) in [6.45, 7) is 1.52. The second-order valence-corrected chi connectivity index (χ2v) is 5.59. The predicted molar refractivity (Wildman–Crippen MR) is 87.0 cm³/mol. The van der Waals surface area contributed by atoms with E-state index < -0.39 is 0 Å². The molecule has 2 rings (SSSR count). The molecular formula is C17H17NO2S. The summed E-state index contributed by atoms with van der Waals surface area (Å²) < 4.78 is 0. The van der Waals surface area contributed by atoms with E-state index in [9.17, 15) is 9.59 Å². The second-order valence-electron chi connectivity index (χ2n) is 4.71. The first-order valence-corrected chi connectivity index (χ1v) is 7.85. The molecule has 108 valence electrons. The third kappa shape index (κ3) is 4.46. The number of rotatable bonds is 5. The Bertz CT molecular complexity index is 633. The number of carbonyl (C=O) groups is 2. The van der Waals surface area contributed by atoms with E-state index >= 15 is 0 Å². The first kappa shape index (κ1) is 15.3. The Labute approximate surface area is 128 Å². The van der Waals surface area contributed by atoms with Gasteiger partial charge in [0.25, 0.3) is 0 Å². The quantitative estimate of drug-likeness (QED) is 0.675. The number of hydrogen-bond acceptors (Lipinski definition) is 3. The molecule has 2 aromatic carbocycles. The molecule has 0 fully saturated rings. The van der Waals surface area contributed by atoms with Gasteiger partial charge in [-0.2, -0.15) is 0 Å². The van der Waals surface area contributed by atoms with Crippen LogP contribution in [0.5, 0.6) is 0 Å². The fraction of sp³-hybridized carbons (Fsp3) is 0.176. The third-order valence-corrected chi connectivity index (χ3v) is 3.84. The van der Waals surface area contributed by atoms with Crippen molar-refractivity contribution >= 4 is 29.1 Å². The number of nitrogens with one attached hydrogen (secondary N) is 1. The molecule has 0 heterocycles. The Morgan fingerprint density at radius 3 is 2.14 bits per heavy atom. The number of Topliss-reactive ketones (excluding diaryl/α,β-unsaturated/α-hetero) is 1. The van der Waals surface area contributed by atoms with E-state index in [4.69, 9.17) is 0 Å². The summed E-state index contributed by atoms with van der Waals surface area (Å²) in [6, 6.07) is 14.9. The molecule has 21 heavy (non-hydrogen) atoms. The maximum atomic E-state index is 12.0. The van der Waals surface area contributed by atoms with Crippen LogP contribution in [0.4, 0.5) is 5.69 Å². The smallest absolute Gasteiger partial charge is 0.228 e. The average Bonchev–Trinajstić information content (AvgIpc) is 2.48. The lowest BCUT2D eigenvalue weighted by Crippen LogP contribution is -2.14. The van der Waals surface area contributed by atoms with Crippen molar-refractivity contribution in [3.8, 4) is 0 Å². The highest BCUT2D eigenvalue weighted by Gasteiger charge is 2.05. The molecule has 0 spiro atoms. The van der Waals surface area contributed by atoms with Crippen molar-refractivity contribution in [3.05, 3.63) is 59.7 Å². The summed E-state index contributed by atoms with van der Waals surface area (Å²) in [5.74, 6) is -0.0516. The van der Waals surface area contributed by atoms with E-state index in [0.29, 0.717) is 17.7 Å². The molecule has 3 nitrogen and oxygen atoms in total. The molecule has 2 aromatic rings. The van der Waals surface area contributed by atoms with Crippen LogP contribution in [0.2, 0.25) is 0 Å². The highest BCUT2D eigenvalue weighted by atomic mass is 32.2. The van der Waals surface area contributed by atoms with Gasteiger partial charge in [-0.25, -0.2) is 0 Å². The van der Waals surface area contributed by atoms with E-state index in [2.05, 4.69) is 5.32 Å². The van der Waals surface area contributed by atoms with E-state index in [1.165, 1.54) is 11.8 Å². The molecule has 1 amide bonds. The van der Waals surface area contributed by atoms with Gasteiger partial charge in [-0.05, 0) is 55.1 Å². The van der Waals surface area contributed by atoms with Crippen LogP contribution in [0.1, 0.15) is 22.8 Å². The summed E-state index contributed by atoms with van der Waals surface area (Å²) in [6.07, 6.45) is 2.36. The van der Waals surface area contributed by atoms with Gasteiger partial charge in [0, 0.05) is 16.1 Å². The molecule has 1 N–H and O–H groups in total. The number of hydrogen-bond donors (Lipinski definition) is 1. The maximum Gasteiger partial charge on any atom is 0.228 e. The highest BCUT2D eigenvalue weighted by molar-refractivity contribution is 7.98. The van der Waals surface area contributed by atoms with Crippen molar-refractivity contribution in [3.63, 3.8) is 0 Å². The van der Waals surface area contributed by atoms with Gasteiger partial charge >= 0.3 is 0 Å². The lowest BCUT2D eigenvalue weighted by atomic mass is 10.1. The number of thioether (sulfide) groups is 1. The molecule has 0 aromatic heterocycles. The van der Waals surface area contributed by atoms with E-state index in [1.807, 2.05) is 30.5 Å². The van der Waals surface area contributed by atoms with Crippen LogP contribution in [0.25, 0.3) is 0 Å². The van der Waals surface area contributed by atoms with Crippen molar-refractivity contribution in [2.75, 3.05) is 11.6 Å². The summed E-state index contributed by atoms with van der Waals surface area (Å²) in [7, 11) is 0. The van der Waals surface area contributed by atoms with Gasteiger partial charge in [-0.15, -0.1) is 11.8 Å². The van der Waals surface area contributed by atoms with E-state index in [-0.39, 0.29) is 11.7 Å². The number of ketones is 1. The monoisotopic (exact) mass is 299 g/mol. The van der Waals surface area contributed by atoms with Crippen molar-refractivity contribution in [2.24, 2.45) is 0 Å². The molecule has 0 aliphatic heterocycles. The molecule has 0 bridgehead atoms. The van der Waals surface area contributed by atoms with Gasteiger partial charge in [-0.1, -0.05) is 12.1 Å².